The van der Waals surface area contributed by atoms with E-state index in [2.05, 4.69) is 4.40 Å². The summed E-state index contributed by atoms with van der Waals surface area (Å²) < 4.78 is 15.5. The van der Waals surface area contributed by atoms with Gasteiger partial charge >= 0.3 is 6.09 Å². The minimum atomic E-state index is -1.21. The van der Waals surface area contributed by atoms with Crippen molar-refractivity contribution in [1.29, 1.82) is 0 Å². The van der Waals surface area contributed by atoms with Gasteiger partial charge < -0.3 is 14.6 Å². The average Bonchev–Trinajstić information content (AvgIpc) is 2.58. The van der Waals surface area contributed by atoms with Crippen LogP contribution in [0.5, 0.6) is 0 Å². The summed E-state index contributed by atoms with van der Waals surface area (Å²) in [7, 11) is 0. The van der Waals surface area contributed by atoms with Crippen LogP contribution in [0.1, 0.15) is 61.3 Å². The van der Waals surface area contributed by atoms with Gasteiger partial charge in [-0.2, -0.15) is 0 Å². The van der Waals surface area contributed by atoms with Crippen LogP contribution in [-0.4, -0.2) is 43.7 Å². The third-order valence-electron chi connectivity index (χ3n) is 3.59. The number of carboxylic acid groups (broad SMARTS) is 1. The van der Waals surface area contributed by atoms with E-state index in [4.69, 9.17) is 5.11 Å². The van der Waals surface area contributed by atoms with Gasteiger partial charge in [0.05, 0.1) is 6.21 Å². The van der Waals surface area contributed by atoms with E-state index in [1.165, 1.54) is 4.90 Å². The topological polar surface area (TPSA) is 76.0 Å². The summed E-state index contributed by atoms with van der Waals surface area (Å²) in [6.45, 7) is 10.2. The van der Waals surface area contributed by atoms with Gasteiger partial charge in [0.1, 0.15) is 16.1 Å². The second-order valence-electron chi connectivity index (χ2n) is 7.00. The van der Waals surface area contributed by atoms with Gasteiger partial charge in [0.25, 0.3) is 0 Å². The third-order valence-corrected chi connectivity index (χ3v) is 4.98. The highest BCUT2D eigenvalue weighted by Gasteiger charge is 2.40. The Bertz CT molecular complexity index is 378. The average molecular weight is 318 g/mol. The molecule has 1 fully saturated rings. The van der Waals surface area contributed by atoms with Crippen LogP contribution >= 0.6 is 0 Å². The van der Waals surface area contributed by atoms with E-state index in [0.29, 0.717) is 12.5 Å². The van der Waals surface area contributed by atoms with Crippen LogP contribution in [-0.2, 0) is 11.4 Å². The third kappa shape index (κ3) is 5.87. The van der Waals surface area contributed by atoms with Crippen molar-refractivity contribution in [2.24, 2.45) is 10.3 Å². The van der Waals surface area contributed by atoms with Crippen molar-refractivity contribution in [3.8, 4) is 0 Å². The Labute approximate surface area is 132 Å². The van der Waals surface area contributed by atoms with Crippen LogP contribution in [0, 0.1) is 5.92 Å². The summed E-state index contributed by atoms with van der Waals surface area (Å²) in [6.07, 6.45) is 3.38. The highest BCUT2D eigenvalue weighted by Crippen LogP contribution is 2.34. The largest absolute Gasteiger partial charge is 0.591 e. The molecule has 1 rings (SSSR count). The first kappa shape index (κ1) is 20.2. The molecule has 124 valence electrons. The zero-order chi connectivity index (χ0) is 15.6. The Morgan fingerprint density at radius 2 is 2.10 bits per heavy atom. The van der Waals surface area contributed by atoms with Crippen molar-refractivity contribution in [3.05, 3.63) is 0 Å². The number of likely N-dealkylation sites (tertiary alicyclic amines) is 1. The van der Waals surface area contributed by atoms with Gasteiger partial charge in [-0.15, -0.1) is 0 Å². The summed E-state index contributed by atoms with van der Waals surface area (Å²) in [5, 5.41) is 9.16. The first-order chi connectivity index (χ1) is 9.04. The number of rotatable bonds is 4. The van der Waals surface area contributed by atoms with E-state index < -0.39 is 17.5 Å². The van der Waals surface area contributed by atoms with E-state index in [-0.39, 0.29) is 17.7 Å². The molecule has 0 aromatic rings. The summed E-state index contributed by atoms with van der Waals surface area (Å²) in [5.74, 6) is 0.357. The van der Waals surface area contributed by atoms with Gasteiger partial charge in [-0.1, -0.05) is 11.8 Å². The maximum atomic E-state index is 11.7. The zero-order valence-electron chi connectivity index (χ0n) is 13.0. The summed E-state index contributed by atoms with van der Waals surface area (Å²) >= 11 is -1.21. The van der Waals surface area contributed by atoms with E-state index in [1.807, 2.05) is 34.6 Å². The van der Waals surface area contributed by atoms with Crippen LogP contribution in [0.15, 0.2) is 4.40 Å². The molecule has 0 aliphatic carbocycles. The van der Waals surface area contributed by atoms with Crippen LogP contribution < -0.4 is 0 Å². The Balaban J connectivity index is 0.00000400. The van der Waals surface area contributed by atoms with Crippen molar-refractivity contribution in [3.63, 3.8) is 0 Å². The Morgan fingerprint density at radius 1 is 1.52 bits per heavy atom. The molecule has 0 aromatic carbocycles. The smallest absolute Gasteiger partial charge is 0.407 e. The monoisotopic (exact) mass is 318 g/mol. The molecule has 0 aromatic heterocycles. The molecule has 1 aliphatic rings. The molecule has 1 heterocycles. The highest BCUT2D eigenvalue weighted by molar-refractivity contribution is 7.91. The summed E-state index contributed by atoms with van der Waals surface area (Å²) in [4.78, 5) is 12.7. The molecule has 1 unspecified atom stereocenters. The van der Waals surface area contributed by atoms with Crippen LogP contribution in [0.4, 0.5) is 4.79 Å². The molecule has 5 nitrogen and oxygen atoms in total. The van der Waals surface area contributed by atoms with Crippen LogP contribution in [0.2, 0.25) is 0 Å². The molecule has 1 N–H and O–H groups in total. The van der Waals surface area contributed by atoms with Gasteiger partial charge in [0.15, 0.2) is 0 Å². The first-order valence-electron chi connectivity index (χ1n) is 6.99. The minimum Gasteiger partial charge on any atom is -0.591 e. The summed E-state index contributed by atoms with van der Waals surface area (Å²) in [5.41, 5.74) is -0.290. The van der Waals surface area contributed by atoms with E-state index in [1.54, 1.807) is 6.21 Å². The standard InChI is InChI=1S/C14H26N2O3S.CH4/c1-13(2,3)20(19)15-8-6-7-11-9-14(4,5)16(10-11)12(17)18;/h8,11H,6-7,9-10H2,1-5H3,(H,17,18);1H4/b15-8-;/t11-,20?;/m0./s1. The van der Waals surface area contributed by atoms with Crippen LogP contribution in [0.3, 0.4) is 0 Å². The molecule has 0 radical (unpaired) electrons. The van der Waals surface area contributed by atoms with Crippen LogP contribution in [0.25, 0.3) is 0 Å². The number of amides is 1. The number of hydrogen-bond donors (Lipinski definition) is 1. The van der Waals surface area contributed by atoms with E-state index in [9.17, 15) is 9.35 Å². The second-order valence-corrected chi connectivity index (χ2v) is 8.94. The Kier molecular flexibility index (Phi) is 7.23. The predicted octanol–water partition coefficient (Wildman–Crippen LogP) is 3.71. The minimum absolute atomic E-state index is 0. The highest BCUT2D eigenvalue weighted by atomic mass is 32.2. The molecule has 0 bridgehead atoms. The number of nitrogens with zero attached hydrogens (tertiary/aromatic N) is 2. The lowest BCUT2D eigenvalue weighted by molar-refractivity contribution is 0.117. The maximum absolute atomic E-state index is 11.7. The molecule has 2 atom stereocenters. The first-order valence-corrected chi connectivity index (χ1v) is 8.10. The SMILES string of the molecule is C.CC1(C)C[C@H](CC/C=N\[S+]([O-])C(C)(C)C)CN1C(=O)O. The molecular formula is C15H30N2O3S. The molecule has 0 spiro atoms. The molecule has 0 saturated carbocycles. The Morgan fingerprint density at radius 3 is 2.52 bits per heavy atom. The van der Waals surface area contributed by atoms with Gasteiger partial charge in [0, 0.05) is 12.1 Å². The fourth-order valence-electron chi connectivity index (χ4n) is 2.51. The predicted molar refractivity (Wildman–Crippen MR) is 89.3 cm³/mol. The van der Waals surface area contributed by atoms with E-state index in [0.717, 1.165) is 19.3 Å². The van der Waals surface area contributed by atoms with Crippen molar-refractivity contribution in [2.45, 2.75) is 71.6 Å². The van der Waals surface area contributed by atoms with Gasteiger partial charge in [0.2, 0.25) is 0 Å². The molecular weight excluding hydrogens is 288 g/mol. The van der Waals surface area contributed by atoms with Gasteiger partial charge in [-0.05, 0) is 59.8 Å². The molecule has 6 heteroatoms. The van der Waals surface area contributed by atoms with Crippen molar-refractivity contribution in [1.82, 2.24) is 4.90 Å². The number of hydrogen-bond acceptors (Lipinski definition) is 3. The maximum Gasteiger partial charge on any atom is 0.407 e. The normalized spacial score (nSPS) is 23.1. The van der Waals surface area contributed by atoms with Crippen molar-refractivity contribution in [2.75, 3.05) is 6.54 Å². The lowest BCUT2D eigenvalue weighted by Crippen LogP contribution is -2.41. The lowest BCUT2D eigenvalue weighted by Gasteiger charge is -2.28. The van der Waals surface area contributed by atoms with Crippen molar-refractivity contribution < 1.29 is 14.5 Å². The lowest BCUT2D eigenvalue weighted by atomic mass is 9.94. The quantitative estimate of drug-likeness (QED) is 0.634. The fourth-order valence-corrected chi connectivity index (χ4v) is 3.06. The molecule has 21 heavy (non-hydrogen) atoms. The van der Waals surface area contributed by atoms with E-state index >= 15 is 0 Å². The zero-order valence-corrected chi connectivity index (χ0v) is 13.9. The Hall–Kier alpha value is -0.750. The molecule has 1 saturated heterocycles. The summed E-state index contributed by atoms with van der Waals surface area (Å²) in [6, 6.07) is 0. The fraction of sp³-hybridized carbons (Fsp3) is 0.867. The molecule has 1 aliphatic heterocycles. The van der Waals surface area contributed by atoms with Crippen molar-refractivity contribution >= 4 is 23.7 Å². The number of carbonyl (C=O) groups is 1. The second kappa shape index (κ2) is 7.49. The molecule has 1 amide bonds. The van der Waals surface area contributed by atoms with Gasteiger partial charge in [-0.3, -0.25) is 0 Å². The van der Waals surface area contributed by atoms with Gasteiger partial charge in [-0.25, -0.2) is 4.79 Å².